The van der Waals surface area contributed by atoms with Gasteiger partial charge in [0.1, 0.15) is 0 Å². The molecule has 0 aliphatic heterocycles. The summed E-state index contributed by atoms with van der Waals surface area (Å²) in [6.07, 6.45) is 0.414. The van der Waals surface area contributed by atoms with E-state index < -0.39 is 0 Å². The number of rotatable bonds is 5. The zero-order valence-electron chi connectivity index (χ0n) is 11.5. The summed E-state index contributed by atoms with van der Waals surface area (Å²) in [5, 5.41) is 2.94. The van der Waals surface area contributed by atoms with Crippen LogP contribution in [0.1, 0.15) is 22.3 Å². The van der Waals surface area contributed by atoms with Gasteiger partial charge in [0.25, 0.3) is 0 Å². The number of carbonyl (C=O) groups is 1. The van der Waals surface area contributed by atoms with Crippen molar-refractivity contribution >= 4 is 17.5 Å². The maximum absolute atomic E-state index is 11.9. The van der Waals surface area contributed by atoms with E-state index in [9.17, 15) is 4.79 Å². The fourth-order valence-corrected chi connectivity index (χ4v) is 2.26. The van der Waals surface area contributed by atoms with Crippen molar-refractivity contribution in [3.05, 3.63) is 70.8 Å². The van der Waals surface area contributed by atoms with Gasteiger partial charge in [-0.25, -0.2) is 0 Å². The Bertz CT molecular complexity index is 595. The molecule has 2 rings (SSSR count). The van der Waals surface area contributed by atoms with Crippen LogP contribution in [-0.4, -0.2) is 5.91 Å². The molecule has 3 heteroatoms. The van der Waals surface area contributed by atoms with E-state index in [2.05, 4.69) is 5.32 Å². The molecule has 0 heterocycles. The van der Waals surface area contributed by atoms with Gasteiger partial charge in [0.2, 0.25) is 5.91 Å². The molecular formula is C17H18ClNO. The van der Waals surface area contributed by atoms with Crippen LogP contribution >= 0.6 is 11.6 Å². The van der Waals surface area contributed by atoms with Gasteiger partial charge < -0.3 is 5.32 Å². The summed E-state index contributed by atoms with van der Waals surface area (Å²) in [5.41, 5.74) is 4.35. The van der Waals surface area contributed by atoms with E-state index in [4.69, 9.17) is 11.6 Å². The Balaban J connectivity index is 1.88. The van der Waals surface area contributed by atoms with E-state index in [1.807, 2.05) is 55.5 Å². The number of carbonyl (C=O) groups excluding carboxylic acids is 1. The highest BCUT2D eigenvalue weighted by Crippen LogP contribution is 2.08. The third-order valence-corrected chi connectivity index (χ3v) is 3.39. The monoisotopic (exact) mass is 287 g/mol. The van der Waals surface area contributed by atoms with Crippen LogP contribution in [0.5, 0.6) is 0 Å². The predicted octanol–water partition coefficient (Wildman–Crippen LogP) is 3.59. The quantitative estimate of drug-likeness (QED) is 0.837. The van der Waals surface area contributed by atoms with E-state index in [1.54, 1.807) is 0 Å². The lowest BCUT2D eigenvalue weighted by Crippen LogP contribution is -2.24. The number of halogens is 1. The number of amides is 1. The molecule has 104 valence electrons. The lowest BCUT2D eigenvalue weighted by atomic mass is 10.1. The van der Waals surface area contributed by atoms with E-state index in [-0.39, 0.29) is 5.91 Å². The minimum absolute atomic E-state index is 0.0341. The molecule has 0 atom stereocenters. The van der Waals surface area contributed by atoms with Gasteiger partial charge in [-0.3, -0.25) is 4.79 Å². The molecule has 0 saturated heterocycles. The van der Waals surface area contributed by atoms with Gasteiger partial charge in [0, 0.05) is 12.4 Å². The zero-order chi connectivity index (χ0) is 14.4. The van der Waals surface area contributed by atoms with Gasteiger partial charge in [-0.1, -0.05) is 54.1 Å². The van der Waals surface area contributed by atoms with Crippen molar-refractivity contribution in [2.75, 3.05) is 0 Å². The predicted molar refractivity (Wildman–Crippen MR) is 82.7 cm³/mol. The van der Waals surface area contributed by atoms with Crippen LogP contribution in [0, 0.1) is 6.92 Å². The van der Waals surface area contributed by atoms with Crippen LogP contribution in [0.2, 0.25) is 0 Å². The molecule has 0 radical (unpaired) electrons. The molecule has 1 amide bonds. The smallest absolute Gasteiger partial charge is 0.224 e. The second kappa shape index (κ2) is 7.11. The van der Waals surface area contributed by atoms with Gasteiger partial charge in [-0.15, -0.1) is 11.6 Å². The Labute approximate surface area is 124 Å². The van der Waals surface area contributed by atoms with Crippen LogP contribution in [0.15, 0.2) is 48.5 Å². The normalized spacial score (nSPS) is 10.3. The Kier molecular flexibility index (Phi) is 5.19. The van der Waals surface area contributed by atoms with Crippen LogP contribution in [-0.2, 0) is 23.6 Å². The van der Waals surface area contributed by atoms with E-state index in [0.29, 0.717) is 18.8 Å². The molecule has 0 fully saturated rings. The first-order chi connectivity index (χ1) is 9.67. The van der Waals surface area contributed by atoms with Crippen molar-refractivity contribution in [2.45, 2.75) is 25.8 Å². The topological polar surface area (TPSA) is 29.1 Å². The average Bonchev–Trinajstić information content (AvgIpc) is 2.45. The molecule has 20 heavy (non-hydrogen) atoms. The first kappa shape index (κ1) is 14.6. The maximum Gasteiger partial charge on any atom is 0.224 e. The van der Waals surface area contributed by atoms with Crippen molar-refractivity contribution in [3.8, 4) is 0 Å². The third-order valence-electron chi connectivity index (χ3n) is 3.08. The fraction of sp³-hybridized carbons (Fsp3) is 0.235. The molecule has 0 spiro atoms. The molecule has 0 unspecified atom stereocenters. The summed E-state index contributed by atoms with van der Waals surface area (Å²) in [5.74, 6) is 0.525. The van der Waals surface area contributed by atoms with Crippen molar-refractivity contribution in [1.29, 1.82) is 0 Å². The standard InChI is InChI=1S/C17H18ClNO/c1-13-4-2-5-14(8-13)10-17(20)19-12-16-7-3-6-15(9-16)11-18/h2-9H,10-12H2,1H3,(H,19,20). The third kappa shape index (κ3) is 4.39. The molecule has 2 nitrogen and oxygen atoms in total. The van der Waals surface area contributed by atoms with Crippen LogP contribution in [0.3, 0.4) is 0 Å². The SMILES string of the molecule is Cc1cccc(CC(=O)NCc2cccc(CCl)c2)c1. The maximum atomic E-state index is 11.9. The molecule has 0 aliphatic rings. The van der Waals surface area contributed by atoms with Crippen molar-refractivity contribution in [2.24, 2.45) is 0 Å². The first-order valence-corrected chi connectivity index (χ1v) is 7.17. The molecule has 0 saturated carbocycles. The van der Waals surface area contributed by atoms with Crippen molar-refractivity contribution < 1.29 is 4.79 Å². The summed E-state index contributed by atoms with van der Waals surface area (Å²) in [4.78, 5) is 11.9. The Morgan fingerprint density at radius 2 is 1.75 bits per heavy atom. The molecular weight excluding hydrogens is 270 g/mol. The summed E-state index contributed by atoms with van der Waals surface area (Å²) in [7, 11) is 0. The number of aryl methyl sites for hydroxylation is 1. The lowest BCUT2D eigenvalue weighted by Gasteiger charge is -2.07. The number of hydrogen-bond acceptors (Lipinski definition) is 1. The number of alkyl halides is 1. The number of hydrogen-bond donors (Lipinski definition) is 1. The average molecular weight is 288 g/mol. The van der Waals surface area contributed by atoms with Crippen LogP contribution < -0.4 is 5.32 Å². The summed E-state index contributed by atoms with van der Waals surface area (Å²) < 4.78 is 0. The second-order valence-electron chi connectivity index (χ2n) is 4.90. The van der Waals surface area contributed by atoms with Gasteiger partial charge in [0.15, 0.2) is 0 Å². The molecule has 0 aliphatic carbocycles. The molecule has 0 aromatic heterocycles. The molecule has 2 aromatic carbocycles. The van der Waals surface area contributed by atoms with Gasteiger partial charge in [-0.2, -0.15) is 0 Å². The van der Waals surface area contributed by atoms with Gasteiger partial charge in [-0.05, 0) is 23.6 Å². The Hall–Kier alpha value is -1.80. The largest absolute Gasteiger partial charge is 0.352 e. The summed E-state index contributed by atoms with van der Waals surface area (Å²) >= 11 is 5.80. The summed E-state index contributed by atoms with van der Waals surface area (Å²) in [6.45, 7) is 2.56. The zero-order valence-corrected chi connectivity index (χ0v) is 12.3. The molecule has 0 bridgehead atoms. The Morgan fingerprint density at radius 1 is 1.05 bits per heavy atom. The minimum atomic E-state index is 0.0341. The second-order valence-corrected chi connectivity index (χ2v) is 5.16. The first-order valence-electron chi connectivity index (χ1n) is 6.63. The summed E-state index contributed by atoms with van der Waals surface area (Å²) in [6, 6.07) is 15.9. The Morgan fingerprint density at radius 3 is 2.50 bits per heavy atom. The van der Waals surface area contributed by atoms with Crippen LogP contribution in [0.4, 0.5) is 0 Å². The number of nitrogens with one attached hydrogen (secondary N) is 1. The van der Waals surface area contributed by atoms with E-state index >= 15 is 0 Å². The highest BCUT2D eigenvalue weighted by atomic mass is 35.5. The lowest BCUT2D eigenvalue weighted by molar-refractivity contribution is -0.120. The number of benzene rings is 2. The van der Waals surface area contributed by atoms with Gasteiger partial charge in [0.05, 0.1) is 6.42 Å². The van der Waals surface area contributed by atoms with Gasteiger partial charge >= 0.3 is 0 Å². The minimum Gasteiger partial charge on any atom is -0.352 e. The molecule has 1 N–H and O–H groups in total. The van der Waals surface area contributed by atoms with E-state index in [0.717, 1.165) is 16.7 Å². The van der Waals surface area contributed by atoms with E-state index in [1.165, 1.54) is 5.56 Å². The van der Waals surface area contributed by atoms with Crippen LogP contribution in [0.25, 0.3) is 0 Å². The fourth-order valence-electron chi connectivity index (χ4n) is 2.09. The van der Waals surface area contributed by atoms with Crippen molar-refractivity contribution in [3.63, 3.8) is 0 Å². The van der Waals surface area contributed by atoms with Crippen molar-refractivity contribution in [1.82, 2.24) is 5.32 Å². The highest BCUT2D eigenvalue weighted by molar-refractivity contribution is 6.17. The molecule has 2 aromatic rings. The highest BCUT2D eigenvalue weighted by Gasteiger charge is 2.04.